The van der Waals surface area contributed by atoms with E-state index in [0.29, 0.717) is 5.92 Å². The van der Waals surface area contributed by atoms with Gasteiger partial charge in [0.25, 0.3) is 0 Å². The van der Waals surface area contributed by atoms with Crippen LogP contribution in [0.3, 0.4) is 0 Å². The van der Waals surface area contributed by atoms with Crippen LogP contribution in [0.15, 0.2) is 0 Å². The second-order valence-electron chi connectivity index (χ2n) is 3.72. The van der Waals surface area contributed by atoms with E-state index in [1.54, 1.807) is 0 Å². The fourth-order valence-electron chi connectivity index (χ4n) is 1.24. The number of hydrogen-bond acceptors (Lipinski definition) is 1. The molecule has 1 unspecified atom stereocenters. The summed E-state index contributed by atoms with van der Waals surface area (Å²) in [5.41, 5.74) is 0. The molecule has 0 saturated heterocycles. The van der Waals surface area contributed by atoms with E-state index in [4.69, 9.17) is 4.74 Å². The Hall–Kier alpha value is 0.440. The number of hydrogen-bond donors (Lipinski definition) is 0. The Morgan fingerprint density at radius 1 is 1.33 bits per heavy atom. The molecule has 0 aliphatic heterocycles. The molecule has 0 aliphatic rings. The molecule has 1 atom stereocenters. The van der Waals surface area contributed by atoms with Gasteiger partial charge in [0, 0.05) is 11.9 Å². The van der Waals surface area contributed by atoms with Gasteiger partial charge in [-0.05, 0) is 24.7 Å². The number of alkyl halides is 1. The molecular weight excluding hydrogens is 216 g/mol. The Labute approximate surface area is 85.0 Å². The summed E-state index contributed by atoms with van der Waals surface area (Å²) < 4.78 is 5.51. The summed E-state index contributed by atoms with van der Waals surface area (Å²) >= 11 is 3.52. The zero-order chi connectivity index (χ0) is 9.40. The van der Waals surface area contributed by atoms with Gasteiger partial charge in [-0.25, -0.2) is 0 Å². The molecule has 2 heteroatoms. The lowest BCUT2D eigenvalue weighted by Gasteiger charge is -2.15. The van der Waals surface area contributed by atoms with Crippen molar-refractivity contribution in [2.75, 3.05) is 18.5 Å². The molecular formula is C10H21BrO. The summed E-state index contributed by atoms with van der Waals surface area (Å²) in [7, 11) is 0. The highest BCUT2D eigenvalue weighted by Gasteiger charge is 2.08. The fraction of sp³-hybridized carbons (Fsp3) is 1.00. The van der Waals surface area contributed by atoms with Crippen LogP contribution in [-0.2, 0) is 4.74 Å². The van der Waals surface area contributed by atoms with Crippen molar-refractivity contribution in [1.82, 2.24) is 0 Å². The van der Waals surface area contributed by atoms with Gasteiger partial charge in [0.1, 0.15) is 0 Å². The molecule has 0 amide bonds. The van der Waals surface area contributed by atoms with Crippen molar-refractivity contribution in [1.29, 1.82) is 0 Å². The molecule has 0 bridgehead atoms. The summed E-state index contributed by atoms with van der Waals surface area (Å²) in [5, 5.41) is 1.06. The van der Waals surface area contributed by atoms with E-state index in [1.807, 2.05) is 0 Å². The van der Waals surface area contributed by atoms with Crippen molar-refractivity contribution in [3.05, 3.63) is 0 Å². The third-order valence-electron chi connectivity index (χ3n) is 1.72. The molecule has 0 aliphatic carbocycles. The highest BCUT2D eigenvalue weighted by molar-refractivity contribution is 9.09. The lowest BCUT2D eigenvalue weighted by atomic mass is 10.00. The van der Waals surface area contributed by atoms with Crippen LogP contribution in [0.1, 0.15) is 33.6 Å². The van der Waals surface area contributed by atoms with Crippen LogP contribution >= 0.6 is 15.9 Å². The highest BCUT2D eigenvalue weighted by Crippen LogP contribution is 2.14. The van der Waals surface area contributed by atoms with Gasteiger partial charge < -0.3 is 4.74 Å². The zero-order valence-corrected chi connectivity index (χ0v) is 10.1. The van der Waals surface area contributed by atoms with Crippen LogP contribution in [-0.4, -0.2) is 18.5 Å². The third kappa shape index (κ3) is 7.11. The largest absolute Gasteiger partial charge is 0.381 e. The Morgan fingerprint density at radius 3 is 2.42 bits per heavy atom. The van der Waals surface area contributed by atoms with E-state index in [1.165, 1.54) is 6.42 Å². The number of halogens is 1. The van der Waals surface area contributed by atoms with E-state index in [2.05, 4.69) is 36.7 Å². The minimum absolute atomic E-state index is 0.691. The number of rotatable bonds is 7. The van der Waals surface area contributed by atoms with Crippen molar-refractivity contribution in [3.63, 3.8) is 0 Å². The monoisotopic (exact) mass is 236 g/mol. The first-order chi connectivity index (χ1) is 5.70. The molecule has 0 heterocycles. The molecule has 74 valence electrons. The average Bonchev–Trinajstić information content (AvgIpc) is 2.02. The van der Waals surface area contributed by atoms with Gasteiger partial charge in [-0.15, -0.1) is 0 Å². The van der Waals surface area contributed by atoms with E-state index < -0.39 is 0 Å². The second-order valence-corrected chi connectivity index (χ2v) is 4.37. The maximum atomic E-state index is 5.51. The maximum absolute atomic E-state index is 5.51. The topological polar surface area (TPSA) is 9.23 Å². The van der Waals surface area contributed by atoms with Crippen LogP contribution in [0.2, 0.25) is 0 Å². The normalized spacial score (nSPS) is 13.8. The van der Waals surface area contributed by atoms with Crippen LogP contribution in [0, 0.1) is 11.8 Å². The summed E-state index contributed by atoms with van der Waals surface area (Å²) in [6.07, 6.45) is 2.38. The third-order valence-corrected chi connectivity index (χ3v) is 2.64. The molecule has 0 fully saturated rings. The van der Waals surface area contributed by atoms with Crippen molar-refractivity contribution in [3.8, 4) is 0 Å². The van der Waals surface area contributed by atoms with E-state index >= 15 is 0 Å². The second kappa shape index (κ2) is 8.06. The molecule has 0 saturated carbocycles. The van der Waals surface area contributed by atoms with Gasteiger partial charge in [0.05, 0.1) is 6.61 Å². The number of ether oxygens (including phenoxy) is 1. The van der Waals surface area contributed by atoms with Crippen molar-refractivity contribution >= 4 is 15.9 Å². The van der Waals surface area contributed by atoms with Gasteiger partial charge in [-0.3, -0.25) is 0 Å². The maximum Gasteiger partial charge on any atom is 0.0502 e. The molecule has 0 radical (unpaired) electrons. The van der Waals surface area contributed by atoms with Gasteiger partial charge in [0.15, 0.2) is 0 Å². The quantitative estimate of drug-likeness (QED) is 0.486. The summed E-state index contributed by atoms with van der Waals surface area (Å²) in [6.45, 7) is 8.48. The standard InChI is InChI=1S/C10H21BrO/c1-4-5-12-8-10(7-11)6-9(2)3/h9-10H,4-8H2,1-3H3. The van der Waals surface area contributed by atoms with Gasteiger partial charge in [-0.2, -0.15) is 0 Å². The van der Waals surface area contributed by atoms with Gasteiger partial charge in [0.2, 0.25) is 0 Å². The molecule has 0 N–H and O–H groups in total. The summed E-state index contributed by atoms with van der Waals surface area (Å²) in [4.78, 5) is 0. The van der Waals surface area contributed by atoms with E-state index in [-0.39, 0.29) is 0 Å². The fourth-order valence-corrected chi connectivity index (χ4v) is 1.69. The Morgan fingerprint density at radius 2 is 2.00 bits per heavy atom. The molecule has 0 aromatic heterocycles. The zero-order valence-electron chi connectivity index (χ0n) is 8.48. The van der Waals surface area contributed by atoms with E-state index in [0.717, 1.165) is 30.9 Å². The van der Waals surface area contributed by atoms with Crippen LogP contribution in [0.4, 0.5) is 0 Å². The molecule has 0 rings (SSSR count). The molecule has 1 nitrogen and oxygen atoms in total. The minimum Gasteiger partial charge on any atom is -0.381 e. The Balaban J connectivity index is 3.39. The van der Waals surface area contributed by atoms with Crippen LogP contribution in [0.5, 0.6) is 0 Å². The SMILES string of the molecule is CCCOCC(CBr)CC(C)C. The first kappa shape index (κ1) is 12.4. The molecule has 0 aromatic carbocycles. The lowest BCUT2D eigenvalue weighted by molar-refractivity contribution is 0.100. The molecule has 0 aromatic rings. The Bertz CT molecular complexity index is 93.8. The smallest absolute Gasteiger partial charge is 0.0502 e. The average molecular weight is 237 g/mol. The lowest BCUT2D eigenvalue weighted by Crippen LogP contribution is -2.14. The summed E-state index contributed by atoms with van der Waals surface area (Å²) in [5.74, 6) is 1.47. The first-order valence-corrected chi connectivity index (χ1v) is 5.96. The van der Waals surface area contributed by atoms with Crippen molar-refractivity contribution < 1.29 is 4.74 Å². The van der Waals surface area contributed by atoms with Gasteiger partial charge in [-0.1, -0.05) is 36.7 Å². The minimum atomic E-state index is 0.691. The van der Waals surface area contributed by atoms with Crippen LogP contribution in [0.25, 0.3) is 0 Å². The van der Waals surface area contributed by atoms with Gasteiger partial charge >= 0.3 is 0 Å². The highest BCUT2D eigenvalue weighted by atomic mass is 79.9. The van der Waals surface area contributed by atoms with Crippen molar-refractivity contribution in [2.24, 2.45) is 11.8 Å². The summed E-state index contributed by atoms with van der Waals surface area (Å²) in [6, 6.07) is 0. The van der Waals surface area contributed by atoms with Crippen molar-refractivity contribution in [2.45, 2.75) is 33.6 Å². The van der Waals surface area contributed by atoms with E-state index in [9.17, 15) is 0 Å². The van der Waals surface area contributed by atoms with Crippen LogP contribution < -0.4 is 0 Å². The predicted molar refractivity (Wildman–Crippen MR) is 57.8 cm³/mol. The molecule has 0 spiro atoms. The first-order valence-electron chi connectivity index (χ1n) is 4.84. The molecule has 12 heavy (non-hydrogen) atoms. The Kier molecular flexibility index (Phi) is 8.35. The predicted octanol–water partition coefficient (Wildman–Crippen LogP) is 3.47.